The summed E-state index contributed by atoms with van der Waals surface area (Å²) >= 11 is 0. The smallest absolute Gasteiger partial charge is 0.237 e. The molecule has 2 amide bonds. The first-order valence-corrected chi connectivity index (χ1v) is 17.1. The van der Waals surface area contributed by atoms with Gasteiger partial charge >= 0.3 is 0 Å². The lowest BCUT2D eigenvalue weighted by atomic mass is 9.98. The van der Waals surface area contributed by atoms with E-state index in [-0.39, 0.29) is 17.7 Å². The molecule has 8 rings (SSSR count). The fraction of sp³-hybridized carbons (Fsp3) is 0.324. The minimum atomic E-state index is -0.201. The van der Waals surface area contributed by atoms with Crippen molar-refractivity contribution in [2.75, 3.05) is 44.2 Å². The number of likely N-dealkylation sites (tertiary alicyclic amines) is 1. The van der Waals surface area contributed by atoms with E-state index < -0.39 is 0 Å². The summed E-state index contributed by atoms with van der Waals surface area (Å²) in [6.07, 6.45) is 5.35. The van der Waals surface area contributed by atoms with Crippen LogP contribution in [-0.4, -0.2) is 101 Å². The number of hydrogen-bond acceptors (Lipinski definition) is 8. The van der Waals surface area contributed by atoms with E-state index in [1.807, 2.05) is 62.2 Å². The number of carbonyl (C=O) groups excluding carboxylic acids is 2. The molecule has 0 spiro atoms. The second-order valence-electron chi connectivity index (χ2n) is 13.1. The molecule has 1 saturated heterocycles. The predicted molar refractivity (Wildman–Crippen MR) is 192 cm³/mol. The van der Waals surface area contributed by atoms with Crippen molar-refractivity contribution >= 4 is 45.1 Å². The number of fused-ring (bicyclic) bond motifs is 2. The van der Waals surface area contributed by atoms with Crippen LogP contribution in [0.5, 0.6) is 0 Å². The van der Waals surface area contributed by atoms with Crippen LogP contribution in [0.4, 0.5) is 5.82 Å². The average molecular weight is 670 g/mol. The summed E-state index contributed by atoms with van der Waals surface area (Å²) in [5, 5.41) is 20.4. The number of benzene rings is 2. The minimum absolute atomic E-state index is 0.0326. The quantitative estimate of drug-likeness (QED) is 0.239. The molecule has 1 fully saturated rings. The van der Waals surface area contributed by atoms with Gasteiger partial charge in [0.1, 0.15) is 23.4 Å². The van der Waals surface area contributed by atoms with Gasteiger partial charge in [-0.3, -0.25) is 34.3 Å². The van der Waals surface area contributed by atoms with Crippen LogP contribution in [-0.2, 0) is 16.6 Å². The molecule has 1 atom stereocenters. The number of nitrogens with zero attached hydrogens (tertiary/aromatic N) is 9. The molecule has 2 N–H and O–H groups in total. The van der Waals surface area contributed by atoms with Gasteiger partial charge in [-0.05, 0) is 68.6 Å². The van der Waals surface area contributed by atoms with Crippen molar-refractivity contribution in [2.45, 2.75) is 26.7 Å². The Morgan fingerprint density at radius 3 is 2.50 bits per heavy atom. The van der Waals surface area contributed by atoms with Crippen LogP contribution >= 0.6 is 0 Å². The maximum absolute atomic E-state index is 13.9. The monoisotopic (exact) mass is 669 g/mol. The molecule has 0 aliphatic carbocycles. The molecule has 0 bridgehead atoms. The maximum Gasteiger partial charge on any atom is 0.237 e. The van der Waals surface area contributed by atoms with E-state index in [0.717, 1.165) is 50.9 Å². The Hall–Kier alpha value is -5.69. The Bertz CT molecular complexity index is 2250. The van der Waals surface area contributed by atoms with E-state index in [1.54, 1.807) is 15.9 Å². The zero-order valence-electron chi connectivity index (χ0n) is 28.4. The number of anilines is 1. The third-order valence-electron chi connectivity index (χ3n) is 9.93. The molecule has 254 valence electrons. The molecule has 0 unspecified atom stereocenters. The van der Waals surface area contributed by atoms with E-state index in [4.69, 9.17) is 4.98 Å². The van der Waals surface area contributed by atoms with E-state index in [9.17, 15) is 9.59 Å². The van der Waals surface area contributed by atoms with Gasteiger partial charge in [0, 0.05) is 49.7 Å². The lowest BCUT2D eigenvalue weighted by molar-refractivity contribution is -0.132. The van der Waals surface area contributed by atoms with E-state index in [0.29, 0.717) is 62.8 Å². The summed E-state index contributed by atoms with van der Waals surface area (Å²) in [6.45, 7) is 7.26. The van der Waals surface area contributed by atoms with Crippen LogP contribution < -0.4 is 4.90 Å². The molecule has 13 heteroatoms. The van der Waals surface area contributed by atoms with Gasteiger partial charge in [0.15, 0.2) is 5.82 Å². The van der Waals surface area contributed by atoms with E-state index in [2.05, 4.69) is 59.7 Å². The number of nitrogens with one attached hydrogen (secondary N) is 2. The first-order chi connectivity index (χ1) is 24.3. The molecule has 2 aliphatic rings. The van der Waals surface area contributed by atoms with Crippen LogP contribution in [0.1, 0.15) is 31.0 Å². The van der Waals surface area contributed by atoms with Crippen molar-refractivity contribution in [1.29, 1.82) is 0 Å². The summed E-state index contributed by atoms with van der Waals surface area (Å²) in [5.41, 5.74) is 8.44. The van der Waals surface area contributed by atoms with Gasteiger partial charge in [-0.25, -0.2) is 9.97 Å². The van der Waals surface area contributed by atoms with Crippen LogP contribution in [0.15, 0.2) is 67.0 Å². The van der Waals surface area contributed by atoms with E-state index >= 15 is 0 Å². The van der Waals surface area contributed by atoms with Gasteiger partial charge in [0.2, 0.25) is 11.8 Å². The highest BCUT2D eigenvalue weighted by molar-refractivity contribution is 5.98. The average Bonchev–Trinajstić information content (AvgIpc) is 3.96. The van der Waals surface area contributed by atoms with Gasteiger partial charge in [-0.2, -0.15) is 15.3 Å². The number of carbonyl (C=O) groups is 2. The third kappa shape index (κ3) is 5.93. The summed E-state index contributed by atoms with van der Waals surface area (Å²) in [4.78, 5) is 42.3. The number of rotatable bonds is 8. The Balaban J connectivity index is 0.894. The number of aryl methyl sites for hydroxylation is 2. The Kier molecular flexibility index (Phi) is 8.19. The molecule has 50 heavy (non-hydrogen) atoms. The van der Waals surface area contributed by atoms with Crippen molar-refractivity contribution in [2.24, 2.45) is 13.0 Å². The van der Waals surface area contributed by atoms with Gasteiger partial charge < -0.3 is 4.90 Å². The van der Waals surface area contributed by atoms with Gasteiger partial charge in [-0.15, -0.1) is 0 Å². The highest BCUT2D eigenvalue weighted by Crippen LogP contribution is 2.31. The van der Waals surface area contributed by atoms with Crippen molar-refractivity contribution in [3.8, 4) is 22.6 Å². The molecule has 6 heterocycles. The predicted octanol–water partition coefficient (Wildman–Crippen LogP) is 4.60. The van der Waals surface area contributed by atoms with Gasteiger partial charge in [-0.1, -0.05) is 36.4 Å². The van der Waals surface area contributed by atoms with Gasteiger partial charge in [0.05, 0.1) is 29.2 Å². The van der Waals surface area contributed by atoms with Crippen LogP contribution in [0, 0.1) is 12.8 Å². The summed E-state index contributed by atoms with van der Waals surface area (Å²) in [5.74, 6) is 1.23. The largest absolute Gasteiger partial charge is 0.338 e. The van der Waals surface area contributed by atoms with E-state index in [1.165, 1.54) is 5.57 Å². The number of hydrogen-bond donors (Lipinski definition) is 2. The first kappa shape index (κ1) is 31.6. The third-order valence-corrected chi connectivity index (χ3v) is 9.93. The van der Waals surface area contributed by atoms with Crippen LogP contribution in [0.2, 0.25) is 0 Å². The zero-order chi connectivity index (χ0) is 34.4. The lowest BCUT2D eigenvalue weighted by Gasteiger charge is -2.29. The van der Waals surface area contributed by atoms with Crippen LogP contribution in [0.3, 0.4) is 0 Å². The molecule has 2 aromatic carbocycles. The second kappa shape index (κ2) is 13.0. The van der Waals surface area contributed by atoms with Crippen molar-refractivity contribution in [3.05, 3.63) is 78.3 Å². The molecule has 13 nitrogen and oxygen atoms in total. The molecular formula is C37H39N11O2. The fourth-order valence-corrected chi connectivity index (χ4v) is 7.12. The number of pyridine rings is 1. The number of aromatic amines is 2. The summed E-state index contributed by atoms with van der Waals surface area (Å²) < 4.78 is 1.69. The number of amides is 2. The molecular weight excluding hydrogens is 630 g/mol. The SMILES string of the molecule is CCN(C(=O)[C@@H]1CCN(CC(=O)N2CC=C(c3ccc(-c4ncn(C)n4)cc3)CC2)C1)c1ccc2[nH]nc(-c3ccc4[nH]nc(C)c4c3)c2n1. The van der Waals surface area contributed by atoms with Crippen molar-refractivity contribution in [1.82, 2.24) is 49.9 Å². The molecule has 6 aromatic rings. The van der Waals surface area contributed by atoms with Crippen molar-refractivity contribution < 1.29 is 9.59 Å². The molecule has 0 radical (unpaired) electrons. The standard InChI is InChI=1S/C37H39N11O2/c1-4-48(32-12-11-31-35(39-32)34(43-42-31)27-9-10-30-29(19-27)23(2)40-41-30)37(50)28-13-16-46(20-28)21-33(49)47-17-14-25(15-18-47)24-5-7-26(8-6-24)36-38-22-45(3)44-36/h5-12,14,19,22,28H,4,13,15-18,20-21H2,1-3H3,(H,40,41)(H,42,43)/t28-/m1/s1. The lowest BCUT2D eigenvalue weighted by Crippen LogP contribution is -2.42. The number of H-pyrrole nitrogens is 2. The van der Waals surface area contributed by atoms with Crippen molar-refractivity contribution in [3.63, 3.8) is 0 Å². The molecule has 4 aromatic heterocycles. The van der Waals surface area contributed by atoms with Gasteiger partial charge in [0.25, 0.3) is 0 Å². The minimum Gasteiger partial charge on any atom is -0.338 e. The second-order valence-corrected chi connectivity index (χ2v) is 13.1. The molecule has 2 aliphatic heterocycles. The van der Waals surface area contributed by atoms with Crippen LogP contribution in [0.25, 0.3) is 50.2 Å². The summed E-state index contributed by atoms with van der Waals surface area (Å²) in [7, 11) is 1.86. The highest BCUT2D eigenvalue weighted by Gasteiger charge is 2.34. The summed E-state index contributed by atoms with van der Waals surface area (Å²) in [6, 6.07) is 18.1. The Morgan fingerprint density at radius 2 is 1.74 bits per heavy atom. The topological polar surface area (TPSA) is 145 Å². The highest BCUT2D eigenvalue weighted by atomic mass is 16.2. The molecule has 0 saturated carbocycles. The Labute approximate surface area is 289 Å². The first-order valence-electron chi connectivity index (χ1n) is 17.1. The fourth-order valence-electron chi connectivity index (χ4n) is 7.12. The number of aromatic nitrogens is 8. The Morgan fingerprint density at radius 1 is 0.960 bits per heavy atom. The zero-order valence-corrected chi connectivity index (χ0v) is 28.4. The normalized spacial score (nSPS) is 16.7. The maximum atomic E-state index is 13.9.